The number of carbonyl (C=O) groups is 1. The third-order valence-electron chi connectivity index (χ3n) is 3.42. The van der Waals surface area contributed by atoms with Gasteiger partial charge in [0.1, 0.15) is 11.4 Å². The SMILES string of the molecule is CCOc1ncccc1C(=O)Nc1cc(C)nn1-c1cccc(Br)c1. The highest BCUT2D eigenvalue weighted by molar-refractivity contribution is 9.10. The molecule has 0 aliphatic heterocycles. The largest absolute Gasteiger partial charge is 0.477 e. The van der Waals surface area contributed by atoms with Gasteiger partial charge >= 0.3 is 0 Å². The van der Waals surface area contributed by atoms with Crippen molar-refractivity contribution >= 4 is 27.7 Å². The number of ether oxygens (including phenoxy) is 1. The molecule has 0 atom stereocenters. The minimum Gasteiger partial charge on any atom is -0.477 e. The highest BCUT2D eigenvalue weighted by atomic mass is 79.9. The summed E-state index contributed by atoms with van der Waals surface area (Å²) in [5.41, 5.74) is 2.02. The Hall–Kier alpha value is -2.67. The Morgan fingerprint density at radius 3 is 2.88 bits per heavy atom. The number of rotatable bonds is 5. The summed E-state index contributed by atoms with van der Waals surface area (Å²) in [5, 5.41) is 7.35. The molecule has 0 fully saturated rings. The second-order valence-corrected chi connectivity index (χ2v) is 6.22. The molecule has 2 heterocycles. The van der Waals surface area contributed by atoms with Crippen LogP contribution in [0.5, 0.6) is 5.88 Å². The standard InChI is InChI=1S/C18H17BrN4O2/c1-3-25-18-15(8-5-9-20-18)17(24)21-16-10-12(2)22-23(16)14-7-4-6-13(19)11-14/h4-11H,3H2,1-2H3,(H,21,24). The molecular formula is C18H17BrN4O2. The van der Waals surface area contributed by atoms with Gasteiger partial charge in [-0.3, -0.25) is 4.79 Å². The number of benzene rings is 1. The molecule has 3 rings (SSSR count). The van der Waals surface area contributed by atoms with Crippen molar-refractivity contribution in [2.75, 3.05) is 11.9 Å². The molecule has 0 unspecified atom stereocenters. The minimum atomic E-state index is -0.298. The normalized spacial score (nSPS) is 10.5. The van der Waals surface area contributed by atoms with Crippen LogP contribution in [-0.4, -0.2) is 27.3 Å². The van der Waals surface area contributed by atoms with Crippen molar-refractivity contribution in [1.82, 2.24) is 14.8 Å². The van der Waals surface area contributed by atoms with Crippen LogP contribution in [-0.2, 0) is 0 Å². The molecule has 6 nitrogen and oxygen atoms in total. The predicted molar refractivity (Wildman–Crippen MR) is 99.4 cm³/mol. The highest BCUT2D eigenvalue weighted by Crippen LogP contribution is 2.22. The fourth-order valence-corrected chi connectivity index (χ4v) is 2.78. The van der Waals surface area contributed by atoms with Crippen molar-refractivity contribution < 1.29 is 9.53 Å². The van der Waals surface area contributed by atoms with Gasteiger partial charge in [0.15, 0.2) is 0 Å². The fourth-order valence-electron chi connectivity index (χ4n) is 2.39. The maximum atomic E-state index is 12.7. The molecule has 0 aliphatic rings. The monoisotopic (exact) mass is 400 g/mol. The van der Waals surface area contributed by atoms with Crippen LogP contribution in [0.4, 0.5) is 5.82 Å². The zero-order valence-corrected chi connectivity index (χ0v) is 15.4. The minimum absolute atomic E-state index is 0.298. The van der Waals surface area contributed by atoms with Gasteiger partial charge in [-0.1, -0.05) is 22.0 Å². The first-order valence-electron chi connectivity index (χ1n) is 7.80. The molecule has 0 spiro atoms. The van der Waals surface area contributed by atoms with Gasteiger partial charge < -0.3 is 10.1 Å². The number of carbonyl (C=O) groups excluding carboxylic acids is 1. The number of hydrogen-bond acceptors (Lipinski definition) is 4. The van der Waals surface area contributed by atoms with Gasteiger partial charge in [-0.15, -0.1) is 0 Å². The summed E-state index contributed by atoms with van der Waals surface area (Å²) in [4.78, 5) is 16.8. The quantitative estimate of drug-likeness (QED) is 0.702. The Balaban J connectivity index is 1.93. The Morgan fingerprint density at radius 2 is 2.12 bits per heavy atom. The van der Waals surface area contributed by atoms with E-state index in [-0.39, 0.29) is 5.91 Å². The number of aryl methyl sites for hydroxylation is 1. The lowest BCUT2D eigenvalue weighted by Crippen LogP contribution is -2.17. The van der Waals surface area contributed by atoms with E-state index in [2.05, 4.69) is 31.3 Å². The molecular weight excluding hydrogens is 384 g/mol. The van der Waals surface area contributed by atoms with Crippen LogP contribution in [0.25, 0.3) is 5.69 Å². The van der Waals surface area contributed by atoms with E-state index in [9.17, 15) is 4.79 Å². The summed E-state index contributed by atoms with van der Waals surface area (Å²) in [6.45, 7) is 4.16. The molecule has 1 amide bonds. The topological polar surface area (TPSA) is 69.0 Å². The summed E-state index contributed by atoms with van der Waals surface area (Å²) >= 11 is 3.45. The van der Waals surface area contributed by atoms with E-state index in [1.54, 1.807) is 23.0 Å². The second-order valence-electron chi connectivity index (χ2n) is 5.31. The first-order valence-corrected chi connectivity index (χ1v) is 8.59. The Kier molecular flexibility index (Phi) is 5.14. The van der Waals surface area contributed by atoms with Crippen LogP contribution >= 0.6 is 15.9 Å². The molecule has 0 radical (unpaired) electrons. The zero-order chi connectivity index (χ0) is 17.8. The van der Waals surface area contributed by atoms with Gasteiger partial charge in [-0.2, -0.15) is 5.10 Å². The summed E-state index contributed by atoms with van der Waals surface area (Å²) in [6.07, 6.45) is 1.59. The molecule has 0 saturated carbocycles. The van der Waals surface area contributed by atoms with E-state index in [0.29, 0.717) is 23.9 Å². The van der Waals surface area contributed by atoms with Crippen molar-refractivity contribution in [2.24, 2.45) is 0 Å². The van der Waals surface area contributed by atoms with Crippen LogP contribution in [0.2, 0.25) is 0 Å². The van der Waals surface area contributed by atoms with Crippen molar-refractivity contribution in [3.8, 4) is 11.6 Å². The van der Waals surface area contributed by atoms with Crippen molar-refractivity contribution in [3.63, 3.8) is 0 Å². The number of pyridine rings is 1. The van der Waals surface area contributed by atoms with Gasteiger partial charge in [0.2, 0.25) is 5.88 Å². The van der Waals surface area contributed by atoms with Crippen LogP contribution in [0, 0.1) is 6.92 Å². The summed E-state index contributed by atoms with van der Waals surface area (Å²) in [7, 11) is 0. The van der Waals surface area contributed by atoms with E-state index in [1.165, 1.54) is 0 Å². The number of nitrogens with zero attached hydrogens (tertiary/aromatic N) is 3. The lowest BCUT2D eigenvalue weighted by Gasteiger charge is -2.11. The van der Waals surface area contributed by atoms with E-state index in [1.807, 2.05) is 44.2 Å². The van der Waals surface area contributed by atoms with Crippen molar-refractivity contribution in [2.45, 2.75) is 13.8 Å². The maximum Gasteiger partial charge on any atom is 0.262 e. The molecule has 0 bridgehead atoms. The van der Waals surface area contributed by atoms with Gasteiger partial charge in [0.05, 0.1) is 18.0 Å². The number of hydrogen-bond donors (Lipinski definition) is 1. The Bertz CT molecular complexity index is 908. The average Bonchev–Trinajstić information content (AvgIpc) is 2.96. The van der Waals surface area contributed by atoms with E-state index in [0.717, 1.165) is 15.9 Å². The maximum absolute atomic E-state index is 12.7. The lowest BCUT2D eigenvalue weighted by atomic mass is 10.2. The molecule has 0 saturated heterocycles. The molecule has 2 aromatic heterocycles. The predicted octanol–water partition coefficient (Wildman–Crippen LogP) is 3.99. The van der Waals surface area contributed by atoms with Crippen LogP contribution < -0.4 is 10.1 Å². The van der Waals surface area contributed by atoms with Gasteiger partial charge in [0, 0.05) is 16.7 Å². The number of nitrogens with one attached hydrogen (secondary N) is 1. The molecule has 0 aliphatic carbocycles. The molecule has 1 N–H and O–H groups in total. The summed E-state index contributed by atoms with van der Waals surface area (Å²) in [5.74, 6) is 0.590. The third-order valence-corrected chi connectivity index (χ3v) is 3.92. The molecule has 7 heteroatoms. The summed E-state index contributed by atoms with van der Waals surface area (Å²) < 4.78 is 8.05. The van der Waals surface area contributed by atoms with Crippen LogP contribution in [0.1, 0.15) is 23.0 Å². The van der Waals surface area contributed by atoms with Gasteiger partial charge in [-0.05, 0) is 44.2 Å². The third kappa shape index (κ3) is 3.88. The molecule has 128 valence electrons. The van der Waals surface area contributed by atoms with Gasteiger partial charge in [0.25, 0.3) is 5.91 Å². The van der Waals surface area contributed by atoms with Crippen LogP contribution in [0.3, 0.4) is 0 Å². The number of aromatic nitrogens is 3. The second kappa shape index (κ2) is 7.48. The number of anilines is 1. The van der Waals surface area contributed by atoms with Crippen molar-refractivity contribution in [3.05, 3.63) is 64.4 Å². The smallest absolute Gasteiger partial charge is 0.262 e. The Labute approximate surface area is 154 Å². The fraction of sp³-hybridized carbons (Fsp3) is 0.167. The highest BCUT2D eigenvalue weighted by Gasteiger charge is 2.16. The van der Waals surface area contributed by atoms with Gasteiger partial charge in [-0.25, -0.2) is 9.67 Å². The Morgan fingerprint density at radius 1 is 1.28 bits per heavy atom. The first-order chi connectivity index (χ1) is 12.1. The van der Waals surface area contributed by atoms with Crippen molar-refractivity contribution in [1.29, 1.82) is 0 Å². The van der Waals surface area contributed by atoms with E-state index < -0.39 is 0 Å². The lowest BCUT2D eigenvalue weighted by molar-refractivity contribution is 0.102. The number of halogens is 1. The molecule has 25 heavy (non-hydrogen) atoms. The zero-order valence-electron chi connectivity index (χ0n) is 13.9. The van der Waals surface area contributed by atoms with Crippen LogP contribution in [0.15, 0.2) is 53.1 Å². The summed E-state index contributed by atoms with van der Waals surface area (Å²) in [6, 6.07) is 12.9. The molecule has 1 aromatic carbocycles. The first kappa shape index (κ1) is 17.2. The van der Waals surface area contributed by atoms with E-state index >= 15 is 0 Å². The average molecular weight is 401 g/mol. The van der Waals surface area contributed by atoms with E-state index in [4.69, 9.17) is 4.74 Å². The molecule has 3 aromatic rings. The number of amides is 1.